The van der Waals surface area contributed by atoms with E-state index in [2.05, 4.69) is 0 Å². The van der Waals surface area contributed by atoms with Gasteiger partial charge in [-0.15, -0.1) is 0 Å². The van der Waals surface area contributed by atoms with Crippen LogP contribution >= 0.6 is 10.7 Å². The maximum absolute atomic E-state index is 11.1. The van der Waals surface area contributed by atoms with Crippen molar-refractivity contribution in [3.63, 3.8) is 0 Å². The van der Waals surface area contributed by atoms with Crippen molar-refractivity contribution in [2.75, 3.05) is 11.4 Å². The number of anilines is 1. The van der Waals surface area contributed by atoms with Crippen molar-refractivity contribution in [1.29, 1.82) is 0 Å². The first-order valence-electron chi connectivity index (χ1n) is 4.32. The fourth-order valence-corrected chi connectivity index (χ4v) is 2.47. The fourth-order valence-electron chi connectivity index (χ4n) is 1.66. The molecule has 0 N–H and O–H groups in total. The Morgan fingerprint density at radius 1 is 1.40 bits per heavy atom. The lowest BCUT2D eigenvalue weighted by atomic mass is 10.2. The first kappa shape index (κ1) is 10.4. The second kappa shape index (κ2) is 3.50. The van der Waals surface area contributed by atoms with Gasteiger partial charge < -0.3 is 4.90 Å². The van der Waals surface area contributed by atoms with E-state index in [4.69, 9.17) is 10.7 Å². The zero-order valence-corrected chi connectivity index (χ0v) is 9.25. The van der Waals surface area contributed by atoms with E-state index >= 15 is 0 Å². The standard InChI is InChI=1S/C9H8ClNO3S/c10-15(13,14)8-1-2-9-7(5-8)3-4-11(9)6-12/h1-2,5-6H,3-4H2. The first-order chi connectivity index (χ1) is 7.02. The molecule has 6 heteroatoms. The highest BCUT2D eigenvalue weighted by atomic mass is 35.7. The summed E-state index contributed by atoms with van der Waals surface area (Å²) in [6, 6.07) is 4.52. The zero-order chi connectivity index (χ0) is 11.1. The Hall–Kier alpha value is -1.07. The summed E-state index contributed by atoms with van der Waals surface area (Å²) >= 11 is 0. The molecule has 0 atom stereocenters. The van der Waals surface area contributed by atoms with Crippen LogP contribution in [0.1, 0.15) is 5.56 Å². The summed E-state index contributed by atoms with van der Waals surface area (Å²) in [5.74, 6) is 0. The molecule has 1 aliphatic rings. The van der Waals surface area contributed by atoms with Crippen LogP contribution in [0.4, 0.5) is 5.69 Å². The van der Waals surface area contributed by atoms with Crippen molar-refractivity contribution in [3.05, 3.63) is 23.8 Å². The average Bonchev–Trinajstić information content (AvgIpc) is 2.58. The molecule has 0 saturated carbocycles. The van der Waals surface area contributed by atoms with E-state index < -0.39 is 9.05 Å². The van der Waals surface area contributed by atoms with E-state index in [-0.39, 0.29) is 4.90 Å². The van der Waals surface area contributed by atoms with Crippen molar-refractivity contribution in [3.8, 4) is 0 Å². The highest BCUT2D eigenvalue weighted by molar-refractivity contribution is 8.13. The maximum atomic E-state index is 11.1. The smallest absolute Gasteiger partial charge is 0.261 e. The van der Waals surface area contributed by atoms with Gasteiger partial charge in [-0.05, 0) is 30.2 Å². The van der Waals surface area contributed by atoms with Gasteiger partial charge in [0.15, 0.2) is 0 Å². The SMILES string of the molecule is O=CN1CCc2cc(S(=O)(=O)Cl)ccc21. The van der Waals surface area contributed by atoms with Crippen LogP contribution in [0, 0.1) is 0 Å². The summed E-state index contributed by atoms with van der Waals surface area (Å²) in [4.78, 5) is 12.3. The van der Waals surface area contributed by atoms with Gasteiger partial charge in [-0.1, -0.05) is 0 Å². The third kappa shape index (κ3) is 1.85. The number of carbonyl (C=O) groups is 1. The summed E-state index contributed by atoms with van der Waals surface area (Å²) in [5.41, 5.74) is 1.60. The van der Waals surface area contributed by atoms with E-state index in [0.717, 1.165) is 17.7 Å². The molecule has 0 radical (unpaired) electrons. The topological polar surface area (TPSA) is 54.5 Å². The molecule has 15 heavy (non-hydrogen) atoms. The Morgan fingerprint density at radius 2 is 2.13 bits per heavy atom. The van der Waals surface area contributed by atoms with Crippen LogP contribution in [0.25, 0.3) is 0 Å². The molecule has 1 aromatic rings. The van der Waals surface area contributed by atoms with E-state index in [1.165, 1.54) is 12.1 Å². The van der Waals surface area contributed by atoms with Crippen molar-refractivity contribution in [2.45, 2.75) is 11.3 Å². The summed E-state index contributed by atoms with van der Waals surface area (Å²) in [6.45, 7) is 0.588. The monoisotopic (exact) mass is 245 g/mol. The molecular formula is C9H8ClNO3S. The van der Waals surface area contributed by atoms with Gasteiger partial charge in [-0.3, -0.25) is 4.79 Å². The van der Waals surface area contributed by atoms with Crippen LogP contribution in [-0.4, -0.2) is 21.4 Å². The second-order valence-electron chi connectivity index (χ2n) is 3.28. The quantitative estimate of drug-likeness (QED) is 0.580. The highest BCUT2D eigenvalue weighted by Gasteiger charge is 2.21. The molecule has 1 aliphatic heterocycles. The van der Waals surface area contributed by atoms with Gasteiger partial charge in [0, 0.05) is 22.9 Å². The van der Waals surface area contributed by atoms with Gasteiger partial charge in [-0.25, -0.2) is 8.42 Å². The second-order valence-corrected chi connectivity index (χ2v) is 5.84. The third-order valence-corrected chi connectivity index (χ3v) is 3.74. The van der Waals surface area contributed by atoms with Gasteiger partial charge in [0.25, 0.3) is 9.05 Å². The summed E-state index contributed by atoms with van der Waals surface area (Å²) in [5, 5.41) is 0. The van der Waals surface area contributed by atoms with Gasteiger partial charge in [0.2, 0.25) is 6.41 Å². The van der Waals surface area contributed by atoms with Crippen molar-refractivity contribution in [1.82, 2.24) is 0 Å². The van der Waals surface area contributed by atoms with Gasteiger partial charge in [-0.2, -0.15) is 0 Å². The average molecular weight is 246 g/mol. The number of benzene rings is 1. The Bertz CT molecular complexity index is 512. The molecule has 0 aromatic heterocycles. The molecule has 0 aliphatic carbocycles. The molecule has 80 valence electrons. The zero-order valence-electron chi connectivity index (χ0n) is 7.68. The van der Waals surface area contributed by atoms with Crippen LogP contribution in [0.5, 0.6) is 0 Å². The largest absolute Gasteiger partial charge is 0.314 e. The van der Waals surface area contributed by atoms with E-state index in [9.17, 15) is 13.2 Å². The van der Waals surface area contributed by atoms with Gasteiger partial charge in [0.05, 0.1) is 4.90 Å². The Morgan fingerprint density at radius 3 is 2.73 bits per heavy atom. The van der Waals surface area contributed by atoms with Crippen LogP contribution in [0.2, 0.25) is 0 Å². The molecule has 4 nitrogen and oxygen atoms in total. The molecule has 2 rings (SSSR count). The minimum Gasteiger partial charge on any atom is -0.314 e. The molecule has 1 aromatic carbocycles. The Kier molecular flexibility index (Phi) is 2.44. The fraction of sp³-hybridized carbons (Fsp3) is 0.222. The van der Waals surface area contributed by atoms with Crippen molar-refractivity contribution >= 4 is 31.8 Å². The molecule has 0 fully saturated rings. The molecule has 1 heterocycles. The maximum Gasteiger partial charge on any atom is 0.261 e. The molecule has 1 amide bonds. The minimum atomic E-state index is -3.68. The summed E-state index contributed by atoms with van der Waals surface area (Å²) in [6.07, 6.45) is 1.40. The highest BCUT2D eigenvalue weighted by Crippen LogP contribution is 2.29. The number of carbonyl (C=O) groups excluding carboxylic acids is 1. The van der Waals surface area contributed by atoms with Gasteiger partial charge in [0.1, 0.15) is 0 Å². The van der Waals surface area contributed by atoms with E-state index in [0.29, 0.717) is 13.0 Å². The van der Waals surface area contributed by atoms with E-state index in [1.54, 1.807) is 11.0 Å². The lowest BCUT2D eigenvalue weighted by Gasteiger charge is -2.09. The first-order valence-corrected chi connectivity index (χ1v) is 6.63. The van der Waals surface area contributed by atoms with Crippen molar-refractivity contribution < 1.29 is 13.2 Å². The molecular weight excluding hydrogens is 238 g/mol. The number of hydrogen-bond acceptors (Lipinski definition) is 3. The lowest BCUT2D eigenvalue weighted by Crippen LogP contribution is -2.17. The van der Waals surface area contributed by atoms with Gasteiger partial charge >= 0.3 is 0 Å². The number of hydrogen-bond donors (Lipinski definition) is 0. The summed E-state index contributed by atoms with van der Waals surface area (Å²) in [7, 11) is 1.54. The van der Waals surface area contributed by atoms with Crippen LogP contribution in [0.3, 0.4) is 0 Å². The predicted octanol–water partition coefficient (Wildman–Crippen LogP) is 1.13. The van der Waals surface area contributed by atoms with Crippen molar-refractivity contribution in [2.24, 2.45) is 0 Å². The van der Waals surface area contributed by atoms with Crippen LogP contribution in [-0.2, 0) is 20.3 Å². The third-order valence-electron chi connectivity index (χ3n) is 2.39. The number of amides is 1. The predicted molar refractivity (Wildman–Crippen MR) is 56.6 cm³/mol. The Labute approximate surface area is 91.9 Å². The minimum absolute atomic E-state index is 0.0793. The number of nitrogens with zero attached hydrogens (tertiary/aromatic N) is 1. The van der Waals surface area contributed by atoms with Crippen LogP contribution < -0.4 is 4.90 Å². The Balaban J connectivity index is 2.51. The van der Waals surface area contributed by atoms with Crippen LogP contribution in [0.15, 0.2) is 23.1 Å². The number of fused-ring (bicyclic) bond motifs is 1. The molecule has 0 spiro atoms. The summed E-state index contributed by atoms with van der Waals surface area (Å²) < 4.78 is 22.1. The number of halogens is 1. The normalized spacial score (nSPS) is 15.1. The molecule has 0 unspecified atom stereocenters. The number of rotatable bonds is 2. The molecule has 0 saturated heterocycles. The van der Waals surface area contributed by atoms with E-state index in [1.807, 2.05) is 0 Å². The molecule has 0 bridgehead atoms. The lowest BCUT2D eigenvalue weighted by molar-refractivity contribution is -0.107.